The molecule has 2 aromatic carbocycles. The Morgan fingerprint density at radius 2 is 1.57 bits per heavy atom. The first-order valence-electron chi connectivity index (χ1n) is 8.88. The normalized spacial score (nSPS) is 15.7. The van der Waals surface area contributed by atoms with Crippen LogP contribution in [0, 0.1) is 0 Å². The third-order valence-corrected chi connectivity index (χ3v) is 5.41. The molecule has 0 saturated carbocycles. The highest BCUT2D eigenvalue weighted by Crippen LogP contribution is 2.41. The minimum atomic E-state index is -4.76. The second-order valence-corrected chi connectivity index (χ2v) is 8.27. The lowest BCUT2D eigenvalue weighted by Crippen LogP contribution is -2.39. The molecule has 0 bridgehead atoms. The molecular formula is C20H21F6NO2S. The summed E-state index contributed by atoms with van der Waals surface area (Å²) in [5.41, 5.74) is 2.35. The van der Waals surface area contributed by atoms with Gasteiger partial charge in [-0.2, -0.15) is 26.3 Å². The second kappa shape index (κ2) is 9.17. The number of hydrogen-bond acceptors (Lipinski definition) is 4. The third-order valence-electron chi connectivity index (χ3n) is 4.43. The van der Waals surface area contributed by atoms with Gasteiger partial charge in [0.15, 0.2) is 0 Å². The summed E-state index contributed by atoms with van der Waals surface area (Å²) in [7, 11) is 0. The van der Waals surface area contributed by atoms with Gasteiger partial charge in [-0.05, 0) is 55.7 Å². The molecule has 0 heterocycles. The summed E-state index contributed by atoms with van der Waals surface area (Å²) in [6, 6.07) is 7.66. The summed E-state index contributed by atoms with van der Waals surface area (Å²) >= 11 is 0.766. The van der Waals surface area contributed by atoms with E-state index in [2.05, 4.69) is 0 Å². The van der Waals surface area contributed by atoms with Crippen LogP contribution in [-0.2, 0) is 17.9 Å². The van der Waals surface area contributed by atoms with Crippen LogP contribution in [0.1, 0.15) is 36.5 Å². The Kier molecular flexibility index (Phi) is 7.49. The van der Waals surface area contributed by atoms with Gasteiger partial charge in [0.2, 0.25) is 0 Å². The Bertz CT molecular complexity index is 867. The number of aliphatic hydroxyl groups is 2. The molecule has 4 N–H and O–H groups in total. The van der Waals surface area contributed by atoms with Crippen LogP contribution in [0.3, 0.4) is 0 Å². The van der Waals surface area contributed by atoms with E-state index < -0.39 is 35.1 Å². The molecule has 0 aromatic heterocycles. The lowest BCUT2D eigenvalue weighted by atomic mass is 9.83. The number of nitrogens with two attached hydrogens (primary N) is 1. The molecular weight excluding hydrogens is 432 g/mol. The molecule has 10 heteroatoms. The zero-order valence-electron chi connectivity index (χ0n) is 15.9. The van der Waals surface area contributed by atoms with E-state index in [9.17, 15) is 31.4 Å². The van der Waals surface area contributed by atoms with Gasteiger partial charge in [0.05, 0.1) is 17.2 Å². The Hall–Kier alpha value is -1.75. The predicted molar refractivity (Wildman–Crippen MR) is 101 cm³/mol. The third kappa shape index (κ3) is 6.37. The van der Waals surface area contributed by atoms with E-state index in [4.69, 9.17) is 10.8 Å². The van der Waals surface area contributed by atoms with E-state index in [1.165, 1.54) is 31.2 Å². The van der Waals surface area contributed by atoms with Gasteiger partial charge in [-0.15, -0.1) is 0 Å². The number of halogens is 6. The average Bonchev–Trinajstić information content (AvgIpc) is 2.60. The van der Waals surface area contributed by atoms with Crippen molar-refractivity contribution in [3.63, 3.8) is 0 Å². The van der Waals surface area contributed by atoms with E-state index in [1.54, 1.807) is 0 Å². The van der Waals surface area contributed by atoms with Crippen molar-refractivity contribution in [3.05, 3.63) is 59.2 Å². The fourth-order valence-corrected chi connectivity index (χ4v) is 3.96. The van der Waals surface area contributed by atoms with Crippen molar-refractivity contribution in [3.8, 4) is 0 Å². The molecule has 166 valence electrons. The summed E-state index contributed by atoms with van der Waals surface area (Å²) in [6.07, 6.45) is -10.7. The Balaban J connectivity index is 2.40. The van der Waals surface area contributed by atoms with E-state index in [1.807, 2.05) is 0 Å². The van der Waals surface area contributed by atoms with Crippen molar-refractivity contribution < 1.29 is 36.6 Å². The summed E-state index contributed by atoms with van der Waals surface area (Å²) in [5, 5.41) is 18.7. The van der Waals surface area contributed by atoms with Gasteiger partial charge in [0, 0.05) is 21.9 Å². The topological polar surface area (TPSA) is 66.5 Å². The maximum atomic E-state index is 13.7. The maximum Gasteiger partial charge on any atom is 0.416 e. The van der Waals surface area contributed by atoms with Crippen LogP contribution in [-0.4, -0.2) is 22.9 Å². The van der Waals surface area contributed by atoms with Crippen molar-refractivity contribution in [2.24, 2.45) is 5.73 Å². The molecule has 0 radical (unpaired) electrons. The van der Waals surface area contributed by atoms with Gasteiger partial charge in [0.1, 0.15) is 0 Å². The number of alkyl halides is 6. The van der Waals surface area contributed by atoms with Crippen LogP contribution < -0.4 is 5.73 Å². The Morgan fingerprint density at radius 3 is 2.13 bits per heavy atom. The van der Waals surface area contributed by atoms with Crippen molar-refractivity contribution in [1.82, 2.24) is 0 Å². The summed E-state index contributed by atoms with van der Waals surface area (Å²) in [4.78, 5) is 0.233. The van der Waals surface area contributed by atoms with Crippen LogP contribution in [0.5, 0.6) is 0 Å². The number of rotatable bonds is 7. The second-order valence-electron chi connectivity index (χ2n) is 7.12. The minimum Gasteiger partial charge on any atom is -0.396 e. The van der Waals surface area contributed by atoms with E-state index in [0.717, 1.165) is 30.0 Å². The van der Waals surface area contributed by atoms with Gasteiger partial charge in [-0.1, -0.05) is 23.9 Å². The smallest absolute Gasteiger partial charge is 0.396 e. The first-order chi connectivity index (χ1) is 13.7. The average molecular weight is 453 g/mol. The maximum absolute atomic E-state index is 13.7. The minimum absolute atomic E-state index is 0.0301. The molecule has 0 saturated heterocycles. The standard InChI is InChI=1S/C20H21F6NO2S/c1-18(27,11-13(29)7-8-28)16-6-5-15(10-17(16)20(24,25)26)30-14-4-2-3-12(9-14)19(21,22)23/h2-6,9-10,13,28-29H,7-8,11,27H2,1H3. The fraction of sp³-hybridized carbons (Fsp3) is 0.400. The summed E-state index contributed by atoms with van der Waals surface area (Å²) in [5.74, 6) is 0. The van der Waals surface area contributed by atoms with Gasteiger partial charge < -0.3 is 15.9 Å². The monoisotopic (exact) mass is 453 g/mol. The molecule has 0 spiro atoms. The number of benzene rings is 2. The van der Waals surface area contributed by atoms with Crippen LogP contribution in [0.4, 0.5) is 26.3 Å². The van der Waals surface area contributed by atoms with E-state index >= 15 is 0 Å². The summed E-state index contributed by atoms with van der Waals surface area (Å²) < 4.78 is 79.6. The fourth-order valence-electron chi connectivity index (χ4n) is 3.04. The molecule has 0 aliphatic rings. The molecule has 0 fully saturated rings. The van der Waals surface area contributed by atoms with Crippen LogP contribution in [0.25, 0.3) is 0 Å². The van der Waals surface area contributed by atoms with Crippen molar-refractivity contribution in [1.29, 1.82) is 0 Å². The molecule has 3 nitrogen and oxygen atoms in total. The highest BCUT2D eigenvalue weighted by Gasteiger charge is 2.39. The SMILES string of the molecule is CC(N)(CC(O)CCO)c1ccc(Sc2cccc(C(F)(F)F)c2)cc1C(F)(F)F. The lowest BCUT2D eigenvalue weighted by Gasteiger charge is -2.30. The predicted octanol–water partition coefficient (Wildman–Crippen LogP) is 5.18. The van der Waals surface area contributed by atoms with Gasteiger partial charge in [0.25, 0.3) is 0 Å². The Labute approximate surface area is 173 Å². The Morgan fingerprint density at radius 1 is 0.933 bits per heavy atom. The molecule has 0 aliphatic carbocycles. The highest BCUT2D eigenvalue weighted by molar-refractivity contribution is 7.99. The van der Waals surface area contributed by atoms with Crippen LogP contribution in [0.15, 0.2) is 52.3 Å². The van der Waals surface area contributed by atoms with Crippen molar-refractivity contribution >= 4 is 11.8 Å². The molecule has 2 rings (SSSR count). The molecule has 0 amide bonds. The first kappa shape index (κ1) is 24.5. The van der Waals surface area contributed by atoms with Crippen LogP contribution >= 0.6 is 11.8 Å². The van der Waals surface area contributed by atoms with Crippen LogP contribution in [0.2, 0.25) is 0 Å². The van der Waals surface area contributed by atoms with Gasteiger partial charge in [-0.25, -0.2) is 0 Å². The van der Waals surface area contributed by atoms with E-state index in [-0.39, 0.29) is 34.8 Å². The number of hydrogen-bond donors (Lipinski definition) is 3. The first-order valence-corrected chi connectivity index (χ1v) is 9.70. The van der Waals surface area contributed by atoms with E-state index in [0.29, 0.717) is 0 Å². The van der Waals surface area contributed by atoms with Crippen molar-refractivity contribution in [2.75, 3.05) is 6.61 Å². The van der Waals surface area contributed by atoms with Gasteiger partial charge >= 0.3 is 12.4 Å². The molecule has 2 unspecified atom stereocenters. The zero-order chi connectivity index (χ0) is 22.7. The lowest BCUT2D eigenvalue weighted by molar-refractivity contribution is -0.139. The largest absolute Gasteiger partial charge is 0.416 e. The zero-order valence-corrected chi connectivity index (χ0v) is 16.7. The number of aliphatic hydroxyl groups excluding tert-OH is 2. The molecule has 2 aromatic rings. The molecule has 2 atom stereocenters. The molecule has 30 heavy (non-hydrogen) atoms. The van der Waals surface area contributed by atoms with Crippen molar-refractivity contribution in [2.45, 2.75) is 53.6 Å². The summed E-state index contributed by atoms with van der Waals surface area (Å²) in [6.45, 7) is 1.01. The van der Waals surface area contributed by atoms with Gasteiger partial charge in [-0.3, -0.25) is 0 Å². The highest BCUT2D eigenvalue weighted by atomic mass is 32.2. The quantitative estimate of drug-likeness (QED) is 0.506. The molecule has 0 aliphatic heterocycles.